The van der Waals surface area contributed by atoms with Crippen molar-refractivity contribution in [3.8, 4) is 11.5 Å². The zero-order valence-corrected chi connectivity index (χ0v) is 22.7. The molecule has 1 aromatic heterocycles. The van der Waals surface area contributed by atoms with Gasteiger partial charge < -0.3 is 81.2 Å². The Labute approximate surface area is 245 Å². The molecule has 0 amide bonds. The van der Waals surface area contributed by atoms with Gasteiger partial charge in [-0.15, -0.1) is 4.90 Å². The molecule has 1 fully saturated rings. The van der Waals surface area contributed by atoms with Crippen molar-refractivity contribution in [1.29, 1.82) is 0 Å². The lowest BCUT2D eigenvalue weighted by Gasteiger charge is -2.55. The summed E-state index contributed by atoms with van der Waals surface area (Å²) in [5.41, 5.74) is -3.83. The minimum absolute atomic E-state index is 0.0873. The molecule has 2 heterocycles. The first kappa shape index (κ1) is 32.9. The highest BCUT2D eigenvalue weighted by atomic mass is 79.9. The second kappa shape index (κ2) is 10.6. The second-order valence-corrected chi connectivity index (χ2v) is 10.5. The molecule has 3 aromatic rings. The number of ether oxygens (including phenoxy) is 2. The third-order valence-corrected chi connectivity index (χ3v) is 6.56. The molecule has 19 nitrogen and oxygen atoms in total. The molecular formula is C22H24BrFN4O15. The van der Waals surface area contributed by atoms with Gasteiger partial charge in [-0.1, -0.05) is 15.9 Å². The van der Waals surface area contributed by atoms with Crippen molar-refractivity contribution in [1.82, 2.24) is 14.9 Å². The van der Waals surface area contributed by atoms with Crippen molar-refractivity contribution in [2.24, 2.45) is 0 Å². The summed E-state index contributed by atoms with van der Waals surface area (Å²) in [6, 6.07) is 5.57. The maximum absolute atomic E-state index is 14.4. The first-order chi connectivity index (χ1) is 19.4. The van der Waals surface area contributed by atoms with Gasteiger partial charge in [0.2, 0.25) is 11.8 Å². The maximum atomic E-state index is 14.4. The fourth-order valence-electron chi connectivity index (χ4n) is 4.44. The quantitative estimate of drug-likeness (QED) is 0.100. The van der Waals surface area contributed by atoms with Gasteiger partial charge in [-0.25, -0.2) is 14.4 Å². The number of nitrogens with zero attached hydrogens (tertiary/aromatic N) is 3. The van der Waals surface area contributed by atoms with Crippen LogP contribution in [0.4, 0.5) is 15.9 Å². The molecule has 2 aromatic carbocycles. The molecule has 236 valence electrons. The SMILES string of the molecule is OC(O)(O)Oc1cc2c(Nc3ccc(Br)cc3F)ncnc2cc1OC(O)(O)C1(O)CC(O)(O)N(C(O)(O)O)C(O)(O)C1. The monoisotopic (exact) mass is 682 g/mol. The fourth-order valence-corrected chi connectivity index (χ4v) is 4.77. The van der Waals surface area contributed by atoms with Crippen molar-refractivity contribution < 1.29 is 80.2 Å². The van der Waals surface area contributed by atoms with E-state index in [2.05, 4.69) is 36.0 Å². The Balaban J connectivity index is 1.78. The van der Waals surface area contributed by atoms with E-state index in [9.17, 15) is 70.8 Å². The zero-order valence-electron chi connectivity index (χ0n) is 21.1. The number of anilines is 2. The van der Waals surface area contributed by atoms with Crippen LogP contribution >= 0.6 is 15.9 Å². The van der Waals surface area contributed by atoms with Gasteiger partial charge in [0.1, 0.15) is 18.0 Å². The number of fused-ring (bicyclic) bond motifs is 1. The van der Waals surface area contributed by atoms with Gasteiger partial charge in [-0.05, 0) is 24.3 Å². The van der Waals surface area contributed by atoms with Gasteiger partial charge in [0.25, 0.3) is 0 Å². The molecule has 0 aliphatic carbocycles. The Morgan fingerprint density at radius 3 is 1.95 bits per heavy atom. The van der Waals surface area contributed by atoms with Crippen LogP contribution in [0.15, 0.2) is 41.1 Å². The molecule has 0 spiro atoms. The van der Waals surface area contributed by atoms with Crippen LogP contribution in [-0.2, 0) is 0 Å². The molecule has 14 N–H and O–H groups in total. The topological polar surface area (TPSA) is 322 Å². The molecule has 4 rings (SSSR count). The van der Waals surface area contributed by atoms with Crippen molar-refractivity contribution in [3.63, 3.8) is 0 Å². The molecule has 0 atom stereocenters. The lowest BCUT2D eigenvalue weighted by atomic mass is 9.83. The van der Waals surface area contributed by atoms with Gasteiger partial charge in [0.15, 0.2) is 17.1 Å². The number of hydrogen-bond donors (Lipinski definition) is 14. The summed E-state index contributed by atoms with van der Waals surface area (Å²) in [7, 11) is 0. The molecule has 0 bridgehead atoms. The zero-order chi connectivity index (χ0) is 32.4. The normalized spacial score (nSPS) is 18.9. The Morgan fingerprint density at radius 1 is 0.837 bits per heavy atom. The van der Waals surface area contributed by atoms with E-state index in [4.69, 9.17) is 4.74 Å². The van der Waals surface area contributed by atoms with Crippen molar-refractivity contribution in [2.75, 3.05) is 5.32 Å². The van der Waals surface area contributed by atoms with E-state index in [0.717, 1.165) is 24.5 Å². The van der Waals surface area contributed by atoms with Crippen LogP contribution in [0.1, 0.15) is 12.8 Å². The van der Waals surface area contributed by atoms with Crippen LogP contribution in [0.2, 0.25) is 0 Å². The second-order valence-electron chi connectivity index (χ2n) is 9.54. The van der Waals surface area contributed by atoms with Gasteiger partial charge in [0, 0.05) is 15.9 Å². The Bertz CT molecular complexity index is 1510. The minimum Gasteiger partial charge on any atom is -0.433 e. The first-order valence-corrected chi connectivity index (χ1v) is 12.3. The molecule has 0 saturated carbocycles. The van der Waals surface area contributed by atoms with Crippen LogP contribution in [0.25, 0.3) is 10.9 Å². The van der Waals surface area contributed by atoms with Gasteiger partial charge in [0.05, 0.1) is 24.0 Å². The molecule has 0 unspecified atom stereocenters. The van der Waals surface area contributed by atoms with E-state index in [1.54, 1.807) is 0 Å². The summed E-state index contributed by atoms with van der Waals surface area (Å²) in [6.45, 7) is 0. The molecule has 1 saturated heterocycles. The number of likely N-dealkylation sites (tertiary alicyclic amines) is 1. The number of piperidine rings is 1. The summed E-state index contributed by atoms with van der Waals surface area (Å²) in [5, 5.41) is 132. The summed E-state index contributed by atoms with van der Waals surface area (Å²) >= 11 is 3.10. The van der Waals surface area contributed by atoms with E-state index in [0.29, 0.717) is 4.47 Å². The Kier molecular flexibility index (Phi) is 8.11. The average Bonchev–Trinajstić information content (AvgIpc) is 2.77. The number of halogens is 2. The highest BCUT2D eigenvalue weighted by Gasteiger charge is 2.70. The maximum Gasteiger partial charge on any atom is 0.453 e. The molecule has 0 radical (unpaired) electrons. The van der Waals surface area contributed by atoms with Crippen LogP contribution in [-0.4, -0.2) is 117 Å². The van der Waals surface area contributed by atoms with E-state index in [1.165, 1.54) is 12.1 Å². The third kappa shape index (κ3) is 6.75. The molecule has 1 aliphatic rings. The third-order valence-electron chi connectivity index (χ3n) is 6.07. The van der Waals surface area contributed by atoms with E-state index < -0.39 is 70.7 Å². The lowest BCUT2D eigenvalue weighted by molar-refractivity contribution is -0.558. The first-order valence-electron chi connectivity index (χ1n) is 11.5. The summed E-state index contributed by atoms with van der Waals surface area (Å²) in [6.07, 6.45) is -11.0. The van der Waals surface area contributed by atoms with Crippen LogP contribution < -0.4 is 14.8 Å². The molecule has 43 heavy (non-hydrogen) atoms. The van der Waals surface area contributed by atoms with E-state index in [-0.39, 0.29) is 22.4 Å². The van der Waals surface area contributed by atoms with Gasteiger partial charge >= 0.3 is 18.2 Å². The lowest BCUT2D eigenvalue weighted by Crippen LogP contribution is -2.79. The largest absolute Gasteiger partial charge is 0.453 e. The highest BCUT2D eigenvalue weighted by molar-refractivity contribution is 9.10. The summed E-state index contributed by atoms with van der Waals surface area (Å²) in [4.78, 5) is 6.94. The number of aliphatic hydroxyl groups is 13. The van der Waals surface area contributed by atoms with Crippen molar-refractivity contribution in [3.05, 3.63) is 46.9 Å². The highest BCUT2D eigenvalue weighted by Crippen LogP contribution is 2.47. The standard InChI is InChI=1S/C22H24BrFN4O15/c23-9-1-2-12(11(24)3-9)27-16-10-4-14(43-22(39,40)41)15(5-13(10)25-8-26-16)42-20(34,35)17(29)6-18(30,31)28(21(36,37)38)19(32,33)7-17/h1-5,8,29-41H,6-7H2,(H,25,26,27). The number of aromatic nitrogens is 2. The van der Waals surface area contributed by atoms with Crippen LogP contribution in [0.5, 0.6) is 11.5 Å². The number of hydrogen-bond acceptors (Lipinski definition) is 19. The van der Waals surface area contributed by atoms with Crippen LogP contribution in [0, 0.1) is 5.82 Å². The molecule has 1 aliphatic heterocycles. The molecular weight excluding hydrogens is 659 g/mol. The number of rotatable bonds is 8. The fraction of sp³-hybridized carbons (Fsp3) is 0.364. The van der Waals surface area contributed by atoms with Crippen LogP contribution in [0.3, 0.4) is 0 Å². The average molecular weight is 683 g/mol. The smallest absolute Gasteiger partial charge is 0.433 e. The summed E-state index contributed by atoms with van der Waals surface area (Å²) in [5.74, 6) is -14.9. The number of benzene rings is 2. The Hall–Kier alpha value is -2.97. The predicted octanol–water partition coefficient (Wildman–Crippen LogP) is -4.05. The van der Waals surface area contributed by atoms with Gasteiger partial charge in [-0.2, -0.15) is 0 Å². The predicted molar refractivity (Wildman–Crippen MR) is 134 cm³/mol. The van der Waals surface area contributed by atoms with Crippen molar-refractivity contribution in [2.45, 2.75) is 48.5 Å². The summed E-state index contributed by atoms with van der Waals surface area (Å²) < 4.78 is 24.3. The Morgan fingerprint density at radius 2 is 1.42 bits per heavy atom. The van der Waals surface area contributed by atoms with E-state index >= 15 is 0 Å². The number of nitrogens with one attached hydrogen (secondary N) is 1. The van der Waals surface area contributed by atoms with Crippen molar-refractivity contribution >= 4 is 38.3 Å². The van der Waals surface area contributed by atoms with E-state index in [1.807, 2.05) is 0 Å². The minimum atomic E-state index is -4.33. The molecule has 21 heteroatoms. The van der Waals surface area contributed by atoms with Gasteiger partial charge in [-0.3, -0.25) is 0 Å².